The Morgan fingerprint density at radius 1 is 1.36 bits per heavy atom. The number of nitrogens with one attached hydrogen (secondary N) is 2. The first kappa shape index (κ1) is 24.0. The molecule has 0 aromatic carbocycles. The summed E-state index contributed by atoms with van der Waals surface area (Å²) < 4.78 is 41.4. The second-order valence-corrected chi connectivity index (χ2v) is 6.01. The molecule has 1 heterocycles. The maximum absolute atomic E-state index is 13.4. The molecule has 0 fully saturated rings. The van der Waals surface area contributed by atoms with E-state index in [9.17, 15) is 18.3 Å². The number of rotatable bonds is 7. The van der Waals surface area contributed by atoms with Crippen LogP contribution >= 0.6 is 24.0 Å². The molecule has 6 nitrogen and oxygen atoms in total. The summed E-state index contributed by atoms with van der Waals surface area (Å²) in [6.45, 7) is 6.90. The molecular weight excluding hydrogens is 450 g/mol. The van der Waals surface area contributed by atoms with Crippen molar-refractivity contribution in [2.45, 2.75) is 39.0 Å². The van der Waals surface area contributed by atoms with E-state index in [-0.39, 0.29) is 30.5 Å². The molecule has 10 heteroatoms. The number of halogens is 4. The maximum Gasteiger partial charge on any atom is 0.424 e. The summed E-state index contributed by atoms with van der Waals surface area (Å²) in [4.78, 5) is 7.95. The molecular formula is C15H27F3IN5O. The van der Waals surface area contributed by atoms with Crippen LogP contribution in [0.2, 0.25) is 0 Å². The number of aliphatic imine (C=N–C) groups is 1. The van der Waals surface area contributed by atoms with Crippen LogP contribution in [-0.4, -0.2) is 46.4 Å². The lowest BCUT2D eigenvalue weighted by Crippen LogP contribution is -2.48. The van der Waals surface area contributed by atoms with Gasteiger partial charge in [-0.3, -0.25) is 4.99 Å². The van der Waals surface area contributed by atoms with E-state index in [0.717, 1.165) is 0 Å². The number of nitrogens with zero attached hydrogens (tertiary/aromatic N) is 3. The van der Waals surface area contributed by atoms with E-state index in [2.05, 4.69) is 20.6 Å². The lowest BCUT2D eigenvalue weighted by Gasteiger charge is -2.30. The van der Waals surface area contributed by atoms with Gasteiger partial charge in [0.15, 0.2) is 5.96 Å². The minimum Gasteiger partial charge on any atom is -0.374 e. The molecule has 0 radical (unpaired) electrons. The van der Waals surface area contributed by atoms with Crippen LogP contribution in [0.1, 0.15) is 33.0 Å². The zero-order valence-corrected chi connectivity index (χ0v) is 17.2. The van der Waals surface area contributed by atoms with Gasteiger partial charge in [-0.15, -0.1) is 24.0 Å². The third kappa shape index (κ3) is 6.65. The molecule has 1 atom stereocenters. The Bertz CT molecular complexity index is 548. The highest BCUT2D eigenvalue weighted by Crippen LogP contribution is 2.40. The van der Waals surface area contributed by atoms with E-state index in [0.29, 0.717) is 25.0 Å². The van der Waals surface area contributed by atoms with E-state index in [1.807, 2.05) is 20.8 Å². The highest BCUT2D eigenvalue weighted by Gasteiger charge is 2.57. The van der Waals surface area contributed by atoms with E-state index in [4.69, 9.17) is 0 Å². The molecule has 1 aromatic heterocycles. The van der Waals surface area contributed by atoms with Gasteiger partial charge in [-0.25, -0.2) is 4.98 Å². The second kappa shape index (κ2) is 10.2. The van der Waals surface area contributed by atoms with Crippen LogP contribution in [-0.2, 0) is 12.6 Å². The van der Waals surface area contributed by atoms with Gasteiger partial charge in [-0.05, 0) is 12.8 Å². The number of alkyl halides is 3. The van der Waals surface area contributed by atoms with Crippen LogP contribution < -0.4 is 10.6 Å². The zero-order valence-electron chi connectivity index (χ0n) is 14.9. The maximum atomic E-state index is 13.4. The van der Waals surface area contributed by atoms with Gasteiger partial charge in [0.25, 0.3) is 0 Å². The lowest BCUT2D eigenvalue weighted by atomic mass is 9.97. The molecule has 0 spiro atoms. The third-order valence-electron chi connectivity index (χ3n) is 3.40. The minimum atomic E-state index is -4.83. The van der Waals surface area contributed by atoms with E-state index in [1.165, 1.54) is 24.0 Å². The molecule has 0 saturated heterocycles. The van der Waals surface area contributed by atoms with Crippen LogP contribution in [0, 0.1) is 5.92 Å². The van der Waals surface area contributed by atoms with Gasteiger partial charge in [-0.2, -0.15) is 13.2 Å². The molecule has 0 aliphatic heterocycles. The largest absolute Gasteiger partial charge is 0.424 e. The average Bonchev–Trinajstić information content (AvgIpc) is 2.89. The van der Waals surface area contributed by atoms with Crippen molar-refractivity contribution >= 4 is 29.9 Å². The van der Waals surface area contributed by atoms with Crippen LogP contribution in [0.5, 0.6) is 0 Å². The Labute approximate surface area is 163 Å². The quantitative estimate of drug-likeness (QED) is 0.321. The summed E-state index contributed by atoms with van der Waals surface area (Å²) in [5.41, 5.74) is -3.02. The van der Waals surface area contributed by atoms with Gasteiger partial charge in [0.2, 0.25) is 5.60 Å². The highest BCUT2D eigenvalue weighted by atomic mass is 127. The van der Waals surface area contributed by atoms with Crippen LogP contribution in [0.4, 0.5) is 13.2 Å². The summed E-state index contributed by atoms with van der Waals surface area (Å²) in [7, 11) is 1.42. The molecule has 0 bridgehead atoms. The fourth-order valence-electron chi connectivity index (χ4n) is 2.12. The first-order valence-corrected chi connectivity index (χ1v) is 7.91. The van der Waals surface area contributed by atoms with Crippen molar-refractivity contribution in [1.29, 1.82) is 0 Å². The monoisotopic (exact) mass is 477 g/mol. The Balaban J connectivity index is 0.00000576. The second-order valence-electron chi connectivity index (χ2n) is 6.01. The predicted octanol–water partition coefficient (Wildman–Crippen LogP) is 2.39. The molecule has 1 aromatic rings. The van der Waals surface area contributed by atoms with Crippen molar-refractivity contribution in [2.75, 3.05) is 19.6 Å². The van der Waals surface area contributed by atoms with Gasteiger partial charge in [0, 0.05) is 45.5 Å². The molecule has 146 valence electrons. The minimum absolute atomic E-state index is 0. The summed E-state index contributed by atoms with van der Waals surface area (Å²) in [6, 6.07) is 0. The summed E-state index contributed by atoms with van der Waals surface area (Å²) >= 11 is 0. The van der Waals surface area contributed by atoms with E-state index >= 15 is 0 Å². The number of guanidine groups is 1. The molecule has 25 heavy (non-hydrogen) atoms. The van der Waals surface area contributed by atoms with E-state index < -0.39 is 24.0 Å². The number of imidazole rings is 1. The number of aromatic nitrogens is 2. The number of hydrogen-bond donors (Lipinski definition) is 3. The van der Waals surface area contributed by atoms with Crippen molar-refractivity contribution in [1.82, 2.24) is 20.2 Å². The zero-order chi connectivity index (χ0) is 18.4. The van der Waals surface area contributed by atoms with Crippen LogP contribution in [0.25, 0.3) is 0 Å². The average molecular weight is 477 g/mol. The molecule has 3 N–H and O–H groups in total. The Morgan fingerprint density at radius 3 is 2.44 bits per heavy atom. The first-order chi connectivity index (χ1) is 11.1. The Hall–Kier alpha value is -1.04. The van der Waals surface area contributed by atoms with Gasteiger partial charge in [0.1, 0.15) is 5.82 Å². The standard InChI is InChI=1S/C15H26F3N5O.HI/c1-5-19-13(22-10-11(2)3)21-7-6-14(24,15(16,17)18)12-20-8-9-23(12)4;/h8-9,11,24H,5-7,10H2,1-4H3,(H2,19,21,22);1H. The van der Waals surface area contributed by atoms with Crippen molar-refractivity contribution < 1.29 is 18.3 Å². The van der Waals surface area contributed by atoms with Crippen molar-refractivity contribution in [3.63, 3.8) is 0 Å². The summed E-state index contributed by atoms with van der Waals surface area (Å²) in [6.07, 6.45) is -2.81. The topological polar surface area (TPSA) is 74.5 Å². The SMILES string of the molecule is CCNC(=NCC(C)C)NCCC(O)(c1nccn1C)C(F)(F)F.I. The lowest BCUT2D eigenvalue weighted by molar-refractivity contribution is -0.272. The molecule has 1 rings (SSSR count). The van der Waals surface area contributed by atoms with Crippen molar-refractivity contribution in [3.05, 3.63) is 18.2 Å². The number of aryl methyl sites for hydroxylation is 1. The first-order valence-electron chi connectivity index (χ1n) is 7.91. The molecule has 0 saturated carbocycles. The third-order valence-corrected chi connectivity index (χ3v) is 3.40. The van der Waals surface area contributed by atoms with Gasteiger partial charge in [-0.1, -0.05) is 13.8 Å². The van der Waals surface area contributed by atoms with Crippen LogP contribution in [0.3, 0.4) is 0 Å². The Kier molecular flexibility index (Phi) is 9.77. The van der Waals surface area contributed by atoms with Gasteiger partial charge < -0.3 is 20.3 Å². The number of hydrogen-bond acceptors (Lipinski definition) is 3. The normalized spacial score (nSPS) is 14.8. The fraction of sp³-hybridized carbons (Fsp3) is 0.733. The Morgan fingerprint density at radius 2 is 2.00 bits per heavy atom. The van der Waals surface area contributed by atoms with E-state index in [1.54, 1.807) is 0 Å². The highest BCUT2D eigenvalue weighted by molar-refractivity contribution is 14.0. The molecule has 0 aliphatic rings. The fourth-order valence-corrected chi connectivity index (χ4v) is 2.12. The molecule has 1 unspecified atom stereocenters. The molecule has 0 amide bonds. The summed E-state index contributed by atoms with van der Waals surface area (Å²) in [5, 5.41) is 16.0. The molecule has 0 aliphatic carbocycles. The predicted molar refractivity (Wildman–Crippen MR) is 102 cm³/mol. The van der Waals surface area contributed by atoms with Gasteiger partial charge in [0.05, 0.1) is 0 Å². The van der Waals surface area contributed by atoms with Crippen molar-refractivity contribution in [2.24, 2.45) is 18.0 Å². The van der Waals surface area contributed by atoms with Crippen LogP contribution in [0.15, 0.2) is 17.4 Å². The number of aliphatic hydroxyl groups is 1. The summed E-state index contributed by atoms with van der Waals surface area (Å²) in [5.74, 6) is 0.330. The van der Waals surface area contributed by atoms with Crippen molar-refractivity contribution in [3.8, 4) is 0 Å². The smallest absolute Gasteiger partial charge is 0.374 e. The van der Waals surface area contributed by atoms with Gasteiger partial charge >= 0.3 is 6.18 Å².